The molecule has 4 heteroatoms. The Kier molecular flexibility index (Phi) is 3.21. The summed E-state index contributed by atoms with van der Waals surface area (Å²) in [5, 5.41) is 0. The van der Waals surface area contributed by atoms with Crippen LogP contribution in [0.4, 0.5) is 13.2 Å². The summed E-state index contributed by atoms with van der Waals surface area (Å²) >= 11 is 0. The van der Waals surface area contributed by atoms with Crippen LogP contribution in [0.15, 0.2) is 0 Å². The summed E-state index contributed by atoms with van der Waals surface area (Å²) in [6.07, 6.45) is 2.48. The van der Waals surface area contributed by atoms with Crippen molar-refractivity contribution in [1.82, 2.24) is 4.90 Å². The van der Waals surface area contributed by atoms with Crippen molar-refractivity contribution < 1.29 is 13.2 Å². The van der Waals surface area contributed by atoms with Crippen molar-refractivity contribution in [2.75, 3.05) is 19.6 Å². The summed E-state index contributed by atoms with van der Waals surface area (Å²) < 4.78 is 35.8. The van der Waals surface area contributed by atoms with Gasteiger partial charge >= 0.3 is 6.18 Å². The van der Waals surface area contributed by atoms with E-state index >= 15 is 0 Å². The zero-order valence-electron chi connectivity index (χ0n) is 7.27. The summed E-state index contributed by atoms with van der Waals surface area (Å²) in [6.45, 7) is 0.132. The van der Waals surface area contributed by atoms with Gasteiger partial charge in [-0.25, -0.2) is 0 Å². The van der Waals surface area contributed by atoms with Gasteiger partial charge in [0, 0.05) is 5.92 Å². The van der Waals surface area contributed by atoms with Crippen LogP contribution in [0.1, 0.15) is 12.8 Å². The van der Waals surface area contributed by atoms with Gasteiger partial charge in [0.15, 0.2) is 0 Å². The molecule has 0 unspecified atom stereocenters. The van der Waals surface area contributed by atoms with Gasteiger partial charge in [-0.3, -0.25) is 4.90 Å². The minimum atomic E-state index is -4.08. The number of nitrogens with zero attached hydrogens (tertiary/aromatic N) is 1. The van der Waals surface area contributed by atoms with Gasteiger partial charge in [0.05, 0.1) is 6.54 Å². The highest BCUT2D eigenvalue weighted by Crippen LogP contribution is 2.21. The Hall–Kier alpha value is -0.690. The Morgan fingerprint density at radius 2 is 1.85 bits per heavy atom. The number of halogens is 3. The predicted molar refractivity (Wildman–Crippen MR) is 44.1 cm³/mol. The lowest BCUT2D eigenvalue weighted by Gasteiger charge is -2.30. The average Bonchev–Trinajstić information content (AvgIpc) is 2.03. The number of terminal acetylenes is 1. The van der Waals surface area contributed by atoms with E-state index in [1.165, 1.54) is 4.90 Å². The lowest BCUT2D eigenvalue weighted by molar-refractivity contribution is -0.148. The minimum absolute atomic E-state index is 0.171. The summed E-state index contributed by atoms with van der Waals surface area (Å²) in [7, 11) is 0. The van der Waals surface area contributed by atoms with Crippen molar-refractivity contribution in [2.24, 2.45) is 5.92 Å². The molecule has 0 aromatic rings. The van der Waals surface area contributed by atoms with Crippen LogP contribution in [0, 0.1) is 18.3 Å². The molecular formula is C9H12F3N. The standard InChI is InChI=1S/C9H12F3N/c1-2-8-3-5-13(6-4-8)7-9(10,11)12/h1,8H,3-7H2. The van der Waals surface area contributed by atoms with Crippen molar-refractivity contribution in [3.63, 3.8) is 0 Å². The second kappa shape index (κ2) is 4.01. The summed E-state index contributed by atoms with van der Waals surface area (Å²) in [5.74, 6) is 2.75. The molecule has 0 spiro atoms. The Labute approximate surface area is 75.9 Å². The number of alkyl halides is 3. The Morgan fingerprint density at radius 1 is 1.31 bits per heavy atom. The van der Waals surface area contributed by atoms with Crippen molar-refractivity contribution in [2.45, 2.75) is 19.0 Å². The minimum Gasteiger partial charge on any atom is -0.295 e. The first-order chi connectivity index (χ1) is 6.01. The van der Waals surface area contributed by atoms with Gasteiger partial charge in [-0.2, -0.15) is 13.2 Å². The molecule has 13 heavy (non-hydrogen) atoms. The first-order valence-corrected chi connectivity index (χ1v) is 4.26. The first kappa shape index (κ1) is 10.4. The highest BCUT2D eigenvalue weighted by atomic mass is 19.4. The average molecular weight is 191 g/mol. The summed E-state index contributed by atoms with van der Waals surface area (Å²) in [4.78, 5) is 1.41. The lowest BCUT2D eigenvalue weighted by Crippen LogP contribution is -2.39. The Morgan fingerprint density at radius 3 is 2.23 bits per heavy atom. The lowest BCUT2D eigenvalue weighted by atomic mass is 9.98. The third kappa shape index (κ3) is 3.69. The van der Waals surface area contributed by atoms with Gasteiger partial charge in [0.1, 0.15) is 0 Å². The molecule has 1 heterocycles. The number of rotatable bonds is 1. The van der Waals surface area contributed by atoms with E-state index in [1.54, 1.807) is 0 Å². The monoisotopic (exact) mass is 191 g/mol. The fourth-order valence-corrected chi connectivity index (χ4v) is 1.51. The van der Waals surface area contributed by atoms with Crippen LogP contribution in [0.3, 0.4) is 0 Å². The molecule has 74 valence electrons. The molecule has 1 aliphatic rings. The van der Waals surface area contributed by atoms with E-state index in [2.05, 4.69) is 5.92 Å². The molecule has 0 saturated carbocycles. The van der Waals surface area contributed by atoms with Crippen LogP contribution in [-0.2, 0) is 0 Å². The van der Waals surface area contributed by atoms with E-state index in [0.717, 1.165) is 0 Å². The molecule has 0 aromatic carbocycles. The molecule has 1 rings (SSSR count). The molecule has 1 saturated heterocycles. The van der Waals surface area contributed by atoms with E-state index in [0.29, 0.717) is 25.9 Å². The Balaban J connectivity index is 2.30. The van der Waals surface area contributed by atoms with Crippen LogP contribution in [0.25, 0.3) is 0 Å². The molecular weight excluding hydrogens is 179 g/mol. The molecule has 0 atom stereocenters. The zero-order chi connectivity index (χ0) is 9.90. The fourth-order valence-electron chi connectivity index (χ4n) is 1.51. The third-order valence-electron chi connectivity index (χ3n) is 2.23. The van der Waals surface area contributed by atoms with Crippen molar-refractivity contribution in [1.29, 1.82) is 0 Å². The molecule has 0 amide bonds. The van der Waals surface area contributed by atoms with Crippen LogP contribution >= 0.6 is 0 Å². The van der Waals surface area contributed by atoms with Gasteiger partial charge < -0.3 is 0 Å². The maximum absolute atomic E-state index is 11.9. The van der Waals surface area contributed by atoms with Crippen LogP contribution < -0.4 is 0 Å². The zero-order valence-corrected chi connectivity index (χ0v) is 7.27. The molecule has 0 bridgehead atoms. The van der Waals surface area contributed by atoms with E-state index in [9.17, 15) is 13.2 Å². The molecule has 0 aromatic heterocycles. The van der Waals surface area contributed by atoms with Crippen LogP contribution in [-0.4, -0.2) is 30.7 Å². The third-order valence-corrected chi connectivity index (χ3v) is 2.23. The normalized spacial score (nSPS) is 21.4. The molecule has 0 aliphatic carbocycles. The van der Waals surface area contributed by atoms with Crippen molar-refractivity contribution in [3.05, 3.63) is 0 Å². The SMILES string of the molecule is C#CC1CCN(CC(F)(F)F)CC1. The smallest absolute Gasteiger partial charge is 0.295 e. The van der Waals surface area contributed by atoms with E-state index in [4.69, 9.17) is 6.42 Å². The van der Waals surface area contributed by atoms with Crippen LogP contribution in [0.5, 0.6) is 0 Å². The topological polar surface area (TPSA) is 3.24 Å². The number of hydrogen-bond donors (Lipinski definition) is 0. The maximum Gasteiger partial charge on any atom is 0.401 e. The largest absolute Gasteiger partial charge is 0.401 e. The van der Waals surface area contributed by atoms with Crippen LogP contribution in [0.2, 0.25) is 0 Å². The first-order valence-electron chi connectivity index (χ1n) is 4.26. The molecule has 1 nitrogen and oxygen atoms in total. The van der Waals surface area contributed by atoms with Gasteiger partial charge in [-0.15, -0.1) is 12.3 Å². The van der Waals surface area contributed by atoms with Crippen molar-refractivity contribution in [3.8, 4) is 12.3 Å². The highest BCUT2D eigenvalue weighted by molar-refractivity contribution is 4.95. The highest BCUT2D eigenvalue weighted by Gasteiger charge is 2.32. The fraction of sp³-hybridized carbons (Fsp3) is 0.778. The second-order valence-electron chi connectivity index (χ2n) is 3.33. The van der Waals surface area contributed by atoms with Crippen molar-refractivity contribution >= 4 is 0 Å². The molecule has 0 N–H and O–H groups in total. The molecule has 0 radical (unpaired) electrons. The van der Waals surface area contributed by atoms with Gasteiger partial charge in [0.2, 0.25) is 0 Å². The molecule has 1 fully saturated rings. The molecule has 1 aliphatic heterocycles. The van der Waals surface area contributed by atoms with E-state index in [1.807, 2.05) is 0 Å². The number of hydrogen-bond acceptors (Lipinski definition) is 1. The van der Waals surface area contributed by atoms with Gasteiger partial charge in [-0.05, 0) is 25.9 Å². The predicted octanol–water partition coefficient (Wildman–Crippen LogP) is 1.89. The number of piperidine rings is 1. The van der Waals surface area contributed by atoms with Gasteiger partial charge in [-0.1, -0.05) is 0 Å². The van der Waals surface area contributed by atoms with Gasteiger partial charge in [0.25, 0.3) is 0 Å². The Bertz CT molecular complexity index is 196. The maximum atomic E-state index is 11.9. The van der Waals surface area contributed by atoms with E-state index in [-0.39, 0.29) is 5.92 Å². The summed E-state index contributed by atoms with van der Waals surface area (Å²) in [6, 6.07) is 0. The quantitative estimate of drug-likeness (QED) is 0.572. The second-order valence-corrected chi connectivity index (χ2v) is 3.33. The van der Waals surface area contributed by atoms with E-state index < -0.39 is 12.7 Å². The number of likely N-dealkylation sites (tertiary alicyclic amines) is 1. The summed E-state index contributed by atoms with van der Waals surface area (Å²) in [5.41, 5.74) is 0.